The molecular weight excluding hydrogens is 380 g/mol. The molecule has 1 aromatic heterocycles. The molecule has 0 spiro atoms. The van der Waals surface area contributed by atoms with Gasteiger partial charge in [0.05, 0.1) is 5.57 Å². The van der Waals surface area contributed by atoms with Crippen molar-refractivity contribution < 1.29 is 31.1 Å². The fourth-order valence-electron chi connectivity index (χ4n) is 2.09. The second-order valence-corrected chi connectivity index (χ2v) is 5.65. The second-order valence-electron chi connectivity index (χ2n) is 5.20. The van der Waals surface area contributed by atoms with Crippen molar-refractivity contribution >= 4 is 17.5 Å². The van der Waals surface area contributed by atoms with Gasteiger partial charge in [0.1, 0.15) is 5.76 Å². The number of ether oxygens (including phenoxy) is 1. The Morgan fingerprint density at radius 3 is 2.40 bits per heavy atom. The quantitative estimate of drug-likeness (QED) is 0.755. The van der Waals surface area contributed by atoms with Gasteiger partial charge in [0, 0.05) is 11.0 Å². The zero-order valence-electron chi connectivity index (χ0n) is 12.3. The molecule has 0 aromatic carbocycles. The first kappa shape index (κ1) is 19.2. The van der Waals surface area contributed by atoms with E-state index in [9.17, 15) is 31.1 Å². The van der Waals surface area contributed by atoms with Crippen LogP contribution in [0.1, 0.15) is 19.0 Å². The van der Waals surface area contributed by atoms with Crippen LogP contribution in [0.2, 0.25) is 0 Å². The highest BCUT2D eigenvalue weighted by Gasteiger charge is 2.41. The molecule has 0 saturated heterocycles. The van der Waals surface area contributed by atoms with Crippen molar-refractivity contribution in [3.8, 4) is 5.75 Å². The minimum atomic E-state index is -5.10. The third kappa shape index (κ3) is 4.09. The SMILES string of the molecule is CC1CC(Cl)=C(C(F)(F)F)C=C1Oc1c(C(F)(F)F)nc(N)[nH]c1=O. The molecule has 5 nitrogen and oxygen atoms in total. The van der Waals surface area contributed by atoms with Crippen molar-refractivity contribution in [2.45, 2.75) is 25.7 Å². The van der Waals surface area contributed by atoms with Crippen molar-refractivity contribution in [1.82, 2.24) is 9.97 Å². The molecule has 1 aromatic rings. The number of nitrogens with two attached hydrogens (primary N) is 1. The number of allylic oxidation sites excluding steroid dienone is 4. The summed E-state index contributed by atoms with van der Waals surface area (Å²) in [4.78, 5) is 16.5. The van der Waals surface area contributed by atoms with Crippen LogP contribution in [0.25, 0.3) is 0 Å². The predicted molar refractivity (Wildman–Crippen MR) is 75.7 cm³/mol. The van der Waals surface area contributed by atoms with Crippen LogP contribution in [0, 0.1) is 5.92 Å². The van der Waals surface area contributed by atoms with E-state index in [-0.39, 0.29) is 6.42 Å². The van der Waals surface area contributed by atoms with E-state index in [1.54, 1.807) is 4.98 Å². The summed E-state index contributed by atoms with van der Waals surface area (Å²) >= 11 is 5.57. The van der Waals surface area contributed by atoms with Gasteiger partial charge < -0.3 is 10.5 Å². The van der Waals surface area contributed by atoms with Crippen molar-refractivity contribution in [2.24, 2.45) is 5.92 Å². The molecule has 138 valence electrons. The van der Waals surface area contributed by atoms with E-state index >= 15 is 0 Å². The Balaban J connectivity index is 2.55. The Kier molecular flexibility index (Phi) is 4.81. The molecule has 0 aliphatic heterocycles. The number of aromatic amines is 1. The fraction of sp³-hybridized carbons (Fsp3) is 0.385. The first-order chi connectivity index (χ1) is 11.3. The maximum Gasteiger partial charge on any atom is 0.437 e. The first-order valence-corrected chi connectivity index (χ1v) is 7.00. The van der Waals surface area contributed by atoms with E-state index in [2.05, 4.69) is 4.98 Å². The zero-order valence-corrected chi connectivity index (χ0v) is 13.1. The summed E-state index contributed by atoms with van der Waals surface area (Å²) in [6, 6.07) is 0. The van der Waals surface area contributed by atoms with E-state index in [4.69, 9.17) is 22.1 Å². The Morgan fingerprint density at radius 1 is 1.28 bits per heavy atom. The third-order valence-corrected chi connectivity index (χ3v) is 3.60. The maximum absolute atomic E-state index is 13.0. The smallest absolute Gasteiger partial charge is 0.437 e. The van der Waals surface area contributed by atoms with Crippen LogP contribution in [0.5, 0.6) is 5.75 Å². The van der Waals surface area contributed by atoms with Crippen molar-refractivity contribution in [2.75, 3.05) is 5.73 Å². The molecule has 3 N–H and O–H groups in total. The Morgan fingerprint density at radius 2 is 1.88 bits per heavy atom. The van der Waals surface area contributed by atoms with Crippen LogP contribution < -0.4 is 16.0 Å². The van der Waals surface area contributed by atoms with Crippen molar-refractivity contribution in [3.63, 3.8) is 0 Å². The molecule has 25 heavy (non-hydrogen) atoms. The Bertz CT molecular complexity index is 809. The fourth-order valence-corrected chi connectivity index (χ4v) is 2.49. The lowest BCUT2D eigenvalue weighted by atomic mass is 9.95. The molecule has 1 unspecified atom stereocenters. The molecule has 1 aliphatic rings. The standard InChI is InChI=1S/C13H10ClF6N3O2/c1-4-2-6(14)5(12(15,16)17)3-7(4)25-8-9(13(18,19)20)22-11(21)23-10(8)24/h3-4H,2H2,1H3,(H3,21,22,23,24). The highest BCUT2D eigenvalue weighted by atomic mass is 35.5. The van der Waals surface area contributed by atoms with Gasteiger partial charge >= 0.3 is 12.4 Å². The summed E-state index contributed by atoms with van der Waals surface area (Å²) < 4.78 is 82.6. The minimum absolute atomic E-state index is 0.316. The zero-order chi connectivity index (χ0) is 19.2. The molecule has 2 rings (SSSR count). The van der Waals surface area contributed by atoms with Gasteiger partial charge in [0.15, 0.2) is 5.69 Å². The van der Waals surface area contributed by atoms with Crippen LogP contribution in [-0.4, -0.2) is 16.1 Å². The van der Waals surface area contributed by atoms with Gasteiger partial charge in [-0.2, -0.15) is 26.3 Å². The summed E-state index contributed by atoms with van der Waals surface area (Å²) in [6.07, 6.45) is -9.78. The molecule has 0 amide bonds. The van der Waals surface area contributed by atoms with E-state index < -0.39 is 57.6 Å². The first-order valence-electron chi connectivity index (χ1n) is 6.63. The lowest BCUT2D eigenvalue weighted by Crippen LogP contribution is -2.25. The number of hydrogen-bond acceptors (Lipinski definition) is 4. The summed E-state index contributed by atoms with van der Waals surface area (Å²) in [6.45, 7) is 1.38. The topological polar surface area (TPSA) is 81.0 Å². The Labute approximate surface area is 141 Å². The monoisotopic (exact) mass is 389 g/mol. The molecule has 0 fully saturated rings. The molecule has 1 atom stereocenters. The van der Waals surface area contributed by atoms with Crippen LogP contribution in [0.3, 0.4) is 0 Å². The molecule has 0 radical (unpaired) electrons. The predicted octanol–water partition coefficient (Wildman–Crippen LogP) is 3.73. The van der Waals surface area contributed by atoms with E-state index in [1.807, 2.05) is 0 Å². The van der Waals surface area contributed by atoms with Gasteiger partial charge in [-0.15, -0.1) is 0 Å². The number of halogens is 7. The molecule has 0 saturated carbocycles. The van der Waals surface area contributed by atoms with Crippen LogP contribution in [0.4, 0.5) is 32.3 Å². The van der Waals surface area contributed by atoms with Crippen molar-refractivity contribution in [3.05, 3.63) is 38.5 Å². The number of nitrogens with zero attached hydrogens (tertiary/aromatic N) is 1. The molecule has 12 heteroatoms. The van der Waals surface area contributed by atoms with Gasteiger partial charge in [-0.25, -0.2) is 4.98 Å². The molecular formula is C13H10ClF6N3O2. The number of rotatable bonds is 2. The summed E-state index contributed by atoms with van der Waals surface area (Å²) in [5, 5.41) is -0.507. The number of alkyl halides is 6. The minimum Gasteiger partial charge on any atom is -0.453 e. The summed E-state index contributed by atoms with van der Waals surface area (Å²) in [5.41, 5.74) is 0.706. The number of hydrogen-bond donors (Lipinski definition) is 2. The average molecular weight is 390 g/mol. The normalized spacial score (nSPS) is 19.0. The number of H-pyrrole nitrogens is 1. The van der Waals surface area contributed by atoms with Crippen LogP contribution in [0.15, 0.2) is 27.2 Å². The van der Waals surface area contributed by atoms with Crippen LogP contribution in [-0.2, 0) is 6.18 Å². The van der Waals surface area contributed by atoms with E-state index in [0.717, 1.165) is 0 Å². The maximum atomic E-state index is 13.0. The molecule has 1 aliphatic carbocycles. The Hall–Kier alpha value is -2.17. The van der Waals surface area contributed by atoms with Gasteiger partial charge in [-0.1, -0.05) is 18.5 Å². The lowest BCUT2D eigenvalue weighted by Gasteiger charge is -2.24. The highest BCUT2D eigenvalue weighted by Crippen LogP contribution is 2.41. The van der Waals surface area contributed by atoms with E-state index in [0.29, 0.717) is 6.08 Å². The lowest BCUT2D eigenvalue weighted by molar-refractivity contribution is -0.142. The molecule has 1 heterocycles. The van der Waals surface area contributed by atoms with Gasteiger partial charge in [-0.3, -0.25) is 9.78 Å². The highest BCUT2D eigenvalue weighted by molar-refractivity contribution is 6.30. The number of aromatic nitrogens is 2. The van der Waals surface area contributed by atoms with Gasteiger partial charge in [0.2, 0.25) is 11.7 Å². The van der Waals surface area contributed by atoms with Crippen molar-refractivity contribution in [1.29, 1.82) is 0 Å². The number of nitrogens with one attached hydrogen (secondary N) is 1. The number of anilines is 1. The van der Waals surface area contributed by atoms with Crippen LogP contribution >= 0.6 is 11.6 Å². The second kappa shape index (κ2) is 6.28. The van der Waals surface area contributed by atoms with E-state index in [1.165, 1.54) is 6.92 Å². The summed E-state index contributed by atoms with van der Waals surface area (Å²) in [5.74, 6) is -3.40. The summed E-state index contributed by atoms with van der Waals surface area (Å²) in [7, 11) is 0. The largest absolute Gasteiger partial charge is 0.453 e. The van der Waals surface area contributed by atoms with Gasteiger partial charge in [0.25, 0.3) is 5.56 Å². The average Bonchev–Trinajstić information content (AvgIpc) is 2.41. The van der Waals surface area contributed by atoms with Gasteiger partial charge in [-0.05, 0) is 12.5 Å². The molecule has 0 bridgehead atoms. The number of nitrogen functional groups attached to an aromatic ring is 1. The third-order valence-electron chi connectivity index (χ3n) is 3.24.